The molecule has 4 rings (SSSR count). The van der Waals surface area contributed by atoms with Gasteiger partial charge < -0.3 is 24.8 Å². The van der Waals surface area contributed by atoms with Crippen molar-refractivity contribution in [1.82, 2.24) is 15.1 Å². The molecule has 0 spiro atoms. The number of nitrogens with zero attached hydrogens (tertiary/aromatic N) is 5. The van der Waals surface area contributed by atoms with E-state index in [1.807, 2.05) is 30.2 Å². The number of benzene rings is 1. The van der Waals surface area contributed by atoms with Gasteiger partial charge in [-0.25, -0.2) is 4.79 Å². The van der Waals surface area contributed by atoms with Gasteiger partial charge in [-0.05, 0) is 25.5 Å². The van der Waals surface area contributed by atoms with Gasteiger partial charge in [0.05, 0.1) is 25.1 Å². The number of urea groups is 1. The zero-order chi connectivity index (χ0) is 20.2. The quantitative estimate of drug-likeness (QED) is 0.858. The summed E-state index contributed by atoms with van der Waals surface area (Å²) in [6.07, 6.45) is 1.81. The molecule has 0 aliphatic carbocycles. The number of rotatable bonds is 3. The molecule has 1 N–H and O–H groups in total. The molecule has 154 valence electrons. The summed E-state index contributed by atoms with van der Waals surface area (Å²) in [4.78, 5) is 19.0. The Morgan fingerprint density at radius 2 is 1.76 bits per heavy atom. The Morgan fingerprint density at radius 3 is 2.48 bits per heavy atom. The van der Waals surface area contributed by atoms with Gasteiger partial charge in [0, 0.05) is 51.0 Å². The van der Waals surface area contributed by atoms with Crippen LogP contribution >= 0.6 is 0 Å². The van der Waals surface area contributed by atoms with E-state index in [0.29, 0.717) is 13.1 Å². The Balaban J connectivity index is 1.35. The largest absolute Gasteiger partial charge is 0.378 e. The molecule has 2 fully saturated rings. The maximum Gasteiger partial charge on any atom is 0.321 e. The van der Waals surface area contributed by atoms with Crippen molar-refractivity contribution in [1.29, 1.82) is 0 Å². The van der Waals surface area contributed by atoms with Crippen LogP contribution in [0.1, 0.15) is 11.1 Å². The SMILES string of the molecule is Cc1ccc(NC(=O)N2CCN(c3cc(N4CCOCC4)cnn3)CC2)c(C)c1. The summed E-state index contributed by atoms with van der Waals surface area (Å²) < 4.78 is 5.43. The van der Waals surface area contributed by atoms with Crippen molar-refractivity contribution in [2.75, 3.05) is 67.6 Å². The summed E-state index contributed by atoms with van der Waals surface area (Å²) in [5, 5.41) is 11.5. The summed E-state index contributed by atoms with van der Waals surface area (Å²) in [7, 11) is 0. The number of aryl methyl sites for hydroxylation is 2. The Bertz CT molecular complexity index is 860. The van der Waals surface area contributed by atoms with Crippen LogP contribution in [0.15, 0.2) is 30.5 Å². The zero-order valence-corrected chi connectivity index (χ0v) is 17.1. The van der Waals surface area contributed by atoms with Crippen molar-refractivity contribution in [2.45, 2.75) is 13.8 Å². The fraction of sp³-hybridized carbons (Fsp3) is 0.476. The molecule has 0 atom stereocenters. The maximum atomic E-state index is 12.7. The van der Waals surface area contributed by atoms with Gasteiger partial charge in [0.15, 0.2) is 5.82 Å². The van der Waals surface area contributed by atoms with Crippen LogP contribution in [0.3, 0.4) is 0 Å². The minimum Gasteiger partial charge on any atom is -0.378 e. The summed E-state index contributed by atoms with van der Waals surface area (Å²) in [6.45, 7) is 10.1. The standard InChI is InChI=1S/C21H28N6O2/c1-16-3-4-19(17(2)13-16)23-21(28)27-7-5-26(6-8-27)20-14-18(15-22-24-20)25-9-11-29-12-10-25/h3-4,13-15H,5-12H2,1-2H3,(H,23,28). The third-order valence-corrected chi connectivity index (χ3v) is 5.52. The Labute approximate surface area is 171 Å². The molecule has 2 saturated heterocycles. The molecule has 2 amide bonds. The molecule has 1 aromatic heterocycles. The van der Waals surface area contributed by atoms with Gasteiger partial charge in [-0.15, -0.1) is 5.10 Å². The van der Waals surface area contributed by atoms with E-state index in [4.69, 9.17) is 4.74 Å². The number of hydrogen-bond donors (Lipinski definition) is 1. The minimum absolute atomic E-state index is 0.0512. The molecule has 0 saturated carbocycles. The van der Waals surface area contributed by atoms with E-state index in [1.165, 1.54) is 5.56 Å². The molecule has 8 heteroatoms. The van der Waals surface area contributed by atoms with Crippen LogP contribution in [0.4, 0.5) is 22.0 Å². The predicted molar refractivity (Wildman–Crippen MR) is 114 cm³/mol. The van der Waals surface area contributed by atoms with Crippen molar-refractivity contribution >= 4 is 23.2 Å². The predicted octanol–water partition coefficient (Wildman–Crippen LogP) is 2.28. The van der Waals surface area contributed by atoms with Crippen molar-refractivity contribution in [3.05, 3.63) is 41.6 Å². The first-order valence-corrected chi connectivity index (χ1v) is 10.1. The number of amides is 2. The lowest BCUT2D eigenvalue weighted by molar-refractivity contribution is 0.122. The minimum atomic E-state index is -0.0512. The average Bonchev–Trinajstić information content (AvgIpc) is 2.76. The first-order chi connectivity index (χ1) is 14.1. The molecule has 2 aliphatic rings. The molecule has 2 aromatic rings. The van der Waals surface area contributed by atoms with E-state index in [1.54, 1.807) is 0 Å². The van der Waals surface area contributed by atoms with E-state index in [9.17, 15) is 4.79 Å². The second kappa shape index (κ2) is 8.65. The summed E-state index contributed by atoms with van der Waals surface area (Å²) in [5.41, 5.74) is 4.21. The van der Waals surface area contributed by atoms with Gasteiger partial charge in [0.2, 0.25) is 0 Å². The highest BCUT2D eigenvalue weighted by Crippen LogP contribution is 2.22. The lowest BCUT2D eigenvalue weighted by Crippen LogP contribution is -2.50. The van der Waals surface area contributed by atoms with Gasteiger partial charge in [0.25, 0.3) is 0 Å². The van der Waals surface area contributed by atoms with E-state index in [-0.39, 0.29) is 6.03 Å². The molecule has 0 radical (unpaired) electrons. The highest BCUT2D eigenvalue weighted by molar-refractivity contribution is 5.90. The summed E-state index contributed by atoms with van der Waals surface area (Å²) in [6, 6.07) is 8.09. The number of carbonyl (C=O) groups is 1. The molecule has 29 heavy (non-hydrogen) atoms. The second-order valence-electron chi connectivity index (χ2n) is 7.59. The Kier molecular flexibility index (Phi) is 5.80. The lowest BCUT2D eigenvalue weighted by Gasteiger charge is -2.35. The van der Waals surface area contributed by atoms with Crippen LogP contribution < -0.4 is 15.1 Å². The second-order valence-corrected chi connectivity index (χ2v) is 7.59. The van der Waals surface area contributed by atoms with Crippen LogP contribution in [0.5, 0.6) is 0 Å². The average molecular weight is 396 g/mol. The summed E-state index contributed by atoms with van der Waals surface area (Å²) in [5.74, 6) is 0.864. The number of morpholine rings is 1. The Morgan fingerprint density at radius 1 is 1.00 bits per heavy atom. The normalized spacial score (nSPS) is 17.4. The van der Waals surface area contributed by atoms with Crippen LogP contribution in [0.2, 0.25) is 0 Å². The van der Waals surface area contributed by atoms with Gasteiger partial charge in [-0.2, -0.15) is 5.10 Å². The fourth-order valence-electron chi connectivity index (χ4n) is 3.78. The zero-order valence-electron chi connectivity index (χ0n) is 17.1. The molecular weight excluding hydrogens is 368 g/mol. The highest BCUT2D eigenvalue weighted by Gasteiger charge is 2.23. The third-order valence-electron chi connectivity index (χ3n) is 5.52. The van der Waals surface area contributed by atoms with Gasteiger partial charge in [-0.3, -0.25) is 0 Å². The smallest absolute Gasteiger partial charge is 0.321 e. The highest BCUT2D eigenvalue weighted by atomic mass is 16.5. The van der Waals surface area contributed by atoms with Crippen LogP contribution in [0.25, 0.3) is 0 Å². The fourth-order valence-corrected chi connectivity index (χ4v) is 3.78. The monoisotopic (exact) mass is 396 g/mol. The van der Waals surface area contributed by atoms with E-state index in [2.05, 4.69) is 44.4 Å². The van der Waals surface area contributed by atoms with Crippen molar-refractivity contribution in [2.24, 2.45) is 0 Å². The number of aromatic nitrogens is 2. The van der Waals surface area contributed by atoms with Crippen molar-refractivity contribution in [3.63, 3.8) is 0 Å². The van der Waals surface area contributed by atoms with Crippen LogP contribution in [-0.4, -0.2) is 73.6 Å². The van der Waals surface area contributed by atoms with Crippen molar-refractivity contribution in [3.8, 4) is 0 Å². The van der Waals surface area contributed by atoms with Gasteiger partial charge in [0.1, 0.15) is 0 Å². The molecule has 2 aliphatic heterocycles. The first kappa shape index (κ1) is 19.4. The van der Waals surface area contributed by atoms with Crippen molar-refractivity contribution < 1.29 is 9.53 Å². The molecule has 0 unspecified atom stereocenters. The lowest BCUT2D eigenvalue weighted by atomic mass is 10.1. The number of anilines is 3. The number of piperazine rings is 1. The summed E-state index contributed by atoms with van der Waals surface area (Å²) >= 11 is 0. The topological polar surface area (TPSA) is 73.8 Å². The molecular formula is C21H28N6O2. The number of nitrogens with one attached hydrogen (secondary N) is 1. The van der Waals surface area contributed by atoms with Crippen LogP contribution in [-0.2, 0) is 4.74 Å². The molecule has 8 nitrogen and oxygen atoms in total. The maximum absolute atomic E-state index is 12.7. The third kappa shape index (κ3) is 4.59. The Hall–Kier alpha value is -2.87. The number of hydrogen-bond acceptors (Lipinski definition) is 6. The van der Waals surface area contributed by atoms with Crippen LogP contribution in [0, 0.1) is 13.8 Å². The number of ether oxygens (including phenoxy) is 1. The number of carbonyl (C=O) groups excluding carboxylic acids is 1. The van der Waals surface area contributed by atoms with E-state index < -0.39 is 0 Å². The van der Waals surface area contributed by atoms with E-state index >= 15 is 0 Å². The molecule has 3 heterocycles. The van der Waals surface area contributed by atoms with Gasteiger partial charge in [-0.1, -0.05) is 17.7 Å². The molecule has 1 aromatic carbocycles. The molecule has 0 bridgehead atoms. The first-order valence-electron chi connectivity index (χ1n) is 10.1. The van der Waals surface area contributed by atoms with Gasteiger partial charge >= 0.3 is 6.03 Å². The van der Waals surface area contributed by atoms with E-state index in [0.717, 1.165) is 62.1 Å².